The quantitative estimate of drug-likeness (QED) is 0.0522. The van der Waals surface area contributed by atoms with E-state index in [9.17, 15) is 19.2 Å². The van der Waals surface area contributed by atoms with E-state index in [-0.39, 0.29) is 44.4 Å². The minimum absolute atomic E-state index is 0.0392. The summed E-state index contributed by atoms with van der Waals surface area (Å²) in [6, 6.07) is 5.55. The molecule has 352 valence electrons. The van der Waals surface area contributed by atoms with Crippen molar-refractivity contribution in [1.29, 1.82) is 0 Å². The Bertz CT molecular complexity index is 1270. The molecule has 0 saturated heterocycles. The number of hydrogen-bond donors (Lipinski definition) is 6. The molecule has 0 saturated carbocycles. The van der Waals surface area contributed by atoms with Crippen molar-refractivity contribution in [2.45, 2.75) is 85.4 Å². The summed E-state index contributed by atoms with van der Waals surface area (Å²) < 4.78 is 44.0. The van der Waals surface area contributed by atoms with Gasteiger partial charge in [-0.2, -0.15) is 0 Å². The summed E-state index contributed by atoms with van der Waals surface area (Å²) in [5.41, 5.74) is 6.92. The van der Waals surface area contributed by atoms with Crippen molar-refractivity contribution in [3.8, 4) is 0 Å². The molecule has 0 aliphatic carbocycles. The zero-order valence-electron chi connectivity index (χ0n) is 37.7. The first-order chi connectivity index (χ1) is 29.4. The lowest BCUT2D eigenvalue weighted by molar-refractivity contribution is -0.132. The first-order valence-corrected chi connectivity index (χ1v) is 21.8. The molecule has 0 bridgehead atoms. The van der Waals surface area contributed by atoms with Gasteiger partial charge in [0, 0.05) is 31.2 Å². The molecule has 2 atom stereocenters. The normalized spacial score (nSPS) is 12.5. The number of benzene rings is 1. The number of nitrogens with one attached hydrogen (secondary N) is 5. The van der Waals surface area contributed by atoms with Crippen LogP contribution in [0, 0.1) is 11.8 Å². The number of primary amides is 1. The van der Waals surface area contributed by atoms with Crippen LogP contribution >= 0.6 is 0 Å². The zero-order valence-corrected chi connectivity index (χ0v) is 37.7. The van der Waals surface area contributed by atoms with Gasteiger partial charge in [-0.3, -0.25) is 14.4 Å². The first-order valence-electron chi connectivity index (χ1n) is 21.8. The van der Waals surface area contributed by atoms with Crippen molar-refractivity contribution >= 4 is 29.4 Å². The van der Waals surface area contributed by atoms with Crippen molar-refractivity contribution in [2.75, 3.05) is 124 Å². The van der Waals surface area contributed by atoms with Crippen molar-refractivity contribution in [2.24, 2.45) is 17.6 Å². The molecule has 1 rings (SSSR count). The highest BCUT2D eigenvalue weighted by Crippen LogP contribution is 2.14. The molecule has 1 aromatic rings. The highest BCUT2D eigenvalue weighted by molar-refractivity contribution is 5.98. The average molecular weight is 871 g/mol. The predicted molar refractivity (Wildman–Crippen MR) is 233 cm³/mol. The highest BCUT2D eigenvalue weighted by Gasteiger charge is 2.29. The van der Waals surface area contributed by atoms with E-state index in [1.54, 1.807) is 13.8 Å². The molecule has 0 radical (unpaired) electrons. The van der Waals surface area contributed by atoms with Gasteiger partial charge in [-0.05, 0) is 48.8 Å². The van der Waals surface area contributed by atoms with Gasteiger partial charge < -0.3 is 70.2 Å². The van der Waals surface area contributed by atoms with Gasteiger partial charge in [0.1, 0.15) is 12.1 Å². The van der Waals surface area contributed by atoms with E-state index in [4.69, 9.17) is 43.6 Å². The maximum Gasteiger partial charge on any atom is 0.312 e. The smallest absolute Gasteiger partial charge is 0.312 e. The molecule has 0 unspecified atom stereocenters. The molecule has 5 amide bonds. The van der Waals surface area contributed by atoms with Crippen LogP contribution < -0.4 is 32.3 Å². The van der Waals surface area contributed by atoms with E-state index in [1.807, 2.05) is 24.3 Å². The summed E-state index contributed by atoms with van der Waals surface area (Å²) >= 11 is 0. The Labute approximate surface area is 364 Å². The van der Waals surface area contributed by atoms with E-state index in [2.05, 4.69) is 54.3 Å². The molecular weight excluding hydrogens is 793 g/mol. The SMILES string of the molecule is CC(C)Cc1ccc(NC(=O)[C@H](CCCNC(N)=O)NC(=O)[C@@H](NC(=O)CCOCCOCCOCCOCCOCCOCCOCCOCCNC(C)C)C(C)C)cc1. The largest absolute Gasteiger partial charge is 0.379 e. The molecule has 0 heterocycles. The summed E-state index contributed by atoms with van der Waals surface area (Å²) in [5.74, 6) is -1.03. The second-order valence-electron chi connectivity index (χ2n) is 15.3. The highest BCUT2D eigenvalue weighted by atomic mass is 16.6. The maximum atomic E-state index is 13.4. The Balaban J connectivity index is 2.15. The van der Waals surface area contributed by atoms with Gasteiger partial charge in [0.15, 0.2) is 0 Å². The number of carbonyl (C=O) groups is 4. The zero-order chi connectivity index (χ0) is 44.9. The summed E-state index contributed by atoms with van der Waals surface area (Å²) in [6.07, 6.45) is 1.58. The number of amides is 5. The van der Waals surface area contributed by atoms with Gasteiger partial charge in [-0.15, -0.1) is 0 Å². The molecule has 1 aromatic carbocycles. The molecule has 0 spiro atoms. The molecule has 18 nitrogen and oxygen atoms in total. The van der Waals surface area contributed by atoms with Gasteiger partial charge in [0.05, 0.1) is 106 Å². The second-order valence-corrected chi connectivity index (χ2v) is 15.3. The Morgan fingerprint density at radius 2 is 1.03 bits per heavy atom. The van der Waals surface area contributed by atoms with Crippen molar-refractivity contribution in [3.63, 3.8) is 0 Å². The van der Waals surface area contributed by atoms with Crippen molar-refractivity contribution in [1.82, 2.24) is 21.3 Å². The van der Waals surface area contributed by atoms with Crippen LogP contribution in [0.4, 0.5) is 10.5 Å². The van der Waals surface area contributed by atoms with E-state index >= 15 is 0 Å². The fraction of sp³-hybridized carbons (Fsp3) is 0.767. The molecule has 0 aliphatic rings. The number of nitrogens with two attached hydrogens (primary N) is 1. The fourth-order valence-electron chi connectivity index (χ4n) is 5.48. The molecule has 0 aromatic heterocycles. The van der Waals surface area contributed by atoms with Gasteiger partial charge in [0.25, 0.3) is 0 Å². The van der Waals surface area contributed by atoms with Gasteiger partial charge in [-0.25, -0.2) is 4.79 Å². The minimum Gasteiger partial charge on any atom is -0.379 e. The van der Waals surface area contributed by atoms with Crippen LogP contribution in [-0.4, -0.2) is 161 Å². The van der Waals surface area contributed by atoms with Crippen LogP contribution in [0.3, 0.4) is 0 Å². The Hall–Kier alpha value is -3.46. The molecule has 61 heavy (non-hydrogen) atoms. The third kappa shape index (κ3) is 32.9. The van der Waals surface area contributed by atoms with Crippen LogP contribution in [0.15, 0.2) is 24.3 Å². The summed E-state index contributed by atoms with van der Waals surface area (Å²) in [7, 11) is 0. The maximum absolute atomic E-state index is 13.4. The molecule has 7 N–H and O–H groups in total. The van der Waals surface area contributed by atoms with Gasteiger partial charge >= 0.3 is 6.03 Å². The van der Waals surface area contributed by atoms with Gasteiger partial charge in [-0.1, -0.05) is 53.7 Å². The minimum atomic E-state index is -0.921. The first kappa shape index (κ1) is 55.6. The summed E-state index contributed by atoms with van der Waals surface area (Å²) in [4.78, 5) is 50.6. The average Bonchev–Trinajstić information content (AvgIpc) is 3.20. The van der Waals surface area contributed by atoms with Gasteiger partial charge in [0.2, 0.25) is 17.7 Å². The van der Waals surface area contributed by atoms with Crippen LogP contribution in [0.1, 0.15) is 66.4 Å². The van der Waals surface area contributed by atoms with Crippen molar-refractivity contribution < 1.29 is 57.1 Å². The number of ether oxygens (including phenoxy) is 8. The Kier molecular flexibility index (Phi) is 33.8. The van der Waals surface area contributed by atoms with Crippen LogP contribution in [0.2, 0.25) is 0 Å². The number of rotatable bonds is 40. The standard InChI is InChI=1S/C43H78N6O12/c1-33(2)32-36-9-11-37(12-10-36)47-41(51)38(8-7-14-46-43(44)53)48-42(52)40(34(3)4)49-39(50)13-16-54-18-20-56-22-24-58-26-28-60-30-31-61-29-27-59-25-23-57-21-19-55-17-15-45-35(5)6/h9-12,33-35,38,40,45H,7-8,13-32H2,1-6H3,(H,47,51)(H,48,52)(H,49,50)(H3,44,46,53)/t38-,40-/m0/s1. The lowest BCUT2D eigenvalue weighted by atomic mass is 10.0. The molecule has 0 fully saturated rings. The third-order valence-electron chi connectivity index (χ3n) is 8.61. The van der Waals surface area contributed by atoms with Crippen LogP contribution in [0.25, 0.3) is 0 Å². The van der Waals surface area contributed by atoms with E-state index in [1.165, 1.54) is 0 Å². The van der Waals surface area contributed by atoms with E-state index < -0.39 is 29.9 Å². The monoisotopic (exact) mass is 871 g/mol. The molecule has 0 aliphatic heterocycles. The number of anilines is 1. The summed E-state index contributed by atoms with van der Waals surface area (Å²) in [5, 5.41) is 14.2. The third-order valence-corrected chi connectivity index (χ3v) is 8.61. The topological polar surface area (TPSA) is 228 Å². The van der Waals surface area contributed by atoms with E-state index in [0.29, 0.717) is 117 Å². The summed E-state index contributed by atoms with van der Waals surface area (Å²) in [6.45, 7) is 20.3. The second kappa shape index (κ2) is 37.1. The van der Waals surface area contributed by atoms with E-state index in [0.717, 1.165) is 18.5 Å². The Morgan fingerprint density at radius 3 is 1.46 bits per heavy atom. The van der Waals surface area contributed by atoms with Crippen LogP contribution in [-0.2, 0) is 58.7 Å². The number of carbonyl (C=O) groups excluding carboxylic acids is 4. The lowest BCUT2D eigenvalue weighted by Gasteiger charge is -2.25. The fourth-order valence-corrected chi connectivity index (χ4v) is 5.48. The number of urea groups is 1. The molecule has 18 heteroatoms. The predicted octanol–water partition coefficient (Wildman–Crippen LogP) is 2.42. The van der Waals surface area contributed by atoms with Crippen LogP contribution in [0.5, 0.6) is 0 Å². The molecular formula is C43H78N6O12. The lowest BCUT2D eigenvalue weighted by Crippen LogP contribution is -2.54. The Morgan fingerprint density at radius 1 is 0.574 bits per heavy atom. The van der Waals surface area contributed by atoms with Crippen molar-refractivity contribution in [3.05, 3.63) is 29.8 Å². The number of hydrogen-bond acceptors (Lipinski definition) is 13.